The second kappa shape index (κ2) is 8.53. The number of benzene rings is 1. The Hall–Kier alpha value is -2.40. The van der Waals surface area contributed by atoms with Gasteiger partial charge in [-0.1, -0.05) is 25.1 Å². The number of aromatic nitrogens is 3. The van der Waals surface area contributed by atoms with Crippen molar-refractivity contribution >= 4 is 16.9 Å². The molecular weight excluding hydrogens is 334 g/mol. The van der Waals surface area contributed by atoms with Crippen LogP contribution < -0.4 is 5.32 Å². The Morgan fingerprint density at radius 3 is 3.11 bits per heavy atom. The molecule has 2 N–H and O–H groups in total. The van der Waals surface area contributed by atoms with Gasteiger partial charge in [0.1, 0.15) is 0 Å². The zero-order chi connectivity index (χ0) is 18.5. The maximum atomic E-state index is 4.77. The van der Waals surface area contributed by atoms with Crippen molar-refractivity contribution in [3.8, 4) is 0 Å². The first-order valence-corrected chi connectivity index (χ1v) is 10.2. The fourth-order valence-corrected chi connectivity index (χ4v) is 4.04. The van der Waals surface area contributed by atoms with Crippen LogP contribution in [0.4, 0.5) is 5.95 Å². The summed E-state index contributed by atoms with van der Waals surface area (Å²) in [4.78, 5) is 15.1. The maximum absolute atomic E-state index is 4.77. The third kappa shape index (κ3) is 4.30. The first-order valence-electron chi connectivity index (χ1n) is 10.2. The van der Waals surface area contributed by atoms with Crippen molar-refractivity contribution in [2.75, 3.05) is 31.5 Å². The molecule has 0 radical (unpaired) electrons. The van der Waals surface area contributed by atoms with Gasteiger partial charge in [0, 0.05) is 48.8 Å². The van der Waals surface area contributed by atoms with Crippen molar-refractivity contribution in [2.24, 2.45) is 0 Å². The number of nitrogens with zero attached hydrogens (tertiary/aromatic N) is 3. The topological polar surface area (TPSA) is 56.8 Å². The average molecular weight is 364 g/mol. The van der Waals surface area contributed by atoms with Gasteiger partial charge in [-0.2, -0.15) is 0 Å². The normalized spacial score (nSPS) is 18.0. The van der Waals surface area contributed by atoms with E-state index in [-0.39, 0.29) is 0 Å². The Morgan fingerprint density at radius 1 is 1.26 bits per heavy atom. The average Bonchev–Trinajstić information content (AvgIpc) is 3.14. The molecule has 27 heavy (non-hydrogen) atoms. The molecule has 0 spiro atoms. The number of anilines is 1. The summed E-state index contributed by atoms with van der Waals surface area (Å²) in [5.74, 6) is 1.28. The summed E-state index contributed by atoms with van der Waals surface area (Å²) in [6, 6.07) is 10.7. The van der Waals surface area contributed by atoms with Crippen LogP contribution in [-0.2, 0) is 6.42 Å². The van der Waals surface area contributed by atoms with Gasteiger partial charge >= 0.3 is 0 Å². The van der Waals surface area contributed by atoms with E-state index in [1.54, 1.807) is 0 Å². The highest BCUT2D eigenvalue weighted by Crippen LogP contribution is 2.26. The van der Waals surface area contributed by atoms with Gasteiger partial charge in [-0.15, -0.1) is 0 Å². The lowest BCUT2D eigenvalue weighted by atomic mass is 9.94. The molecule has 3 aromatic rings. The highest BCUT2D eigenvalue weighted by atomic mass is 15.1. The smallest absolute Gasteiger partial charge is 0.222 e. The molecule has 0 bridgehead atoms. The van der Waals surface area contributed by atoms with Crippen LogP contribution in [0.3, 0.4) is 0 Å². The molecule has 2 aromatic heterocycles. The molecule has 1 fully saturated rings. The summed E-state index contributed by atoms with van der Waals surface area (Å²) in [6.45, 7) is 6.45. The second-order valence-electron chi connectivity index (χ2n) is 7.48. The van der Waals surface area contributed by atoms with E-state index in [4.69, 9.17) is 4.98 Å². The van der Waals surface area contributed by atoms with Crippen molar-refractivity contribution in [3.05, 3.63) is 54.0 Å². The maximum Gasteiger partial charge on any atom is 0.222 e. The van der Waals surface area contributed by atoms with Crippen LogP contribution in [0.25, 0.3) is 10.9 Å². The number of aromatic amines is 1. The predicted octanol–water partition coefficient (Wildman–Crippen LogP) is 4.20. The van der Waals surface area contributed by atoms with Crippen LogP contribution in [0, 0.1) is 0 Å². The summed E-state index contributed by atoms with van der Waals surface area (Å²) < 4.78 is 0. The fourth-order valence-electron chi connectivity index (χ4n) is 4.04. The van der Waals surface area contributed by atoms with Crippen LogP contribution in [-0.4, -0.2) is 46.0 Å². The zero-order valence-electron chi connectivity index (χ0n) is 16.1. The molecule has 1 aliphatic rings. The molecule has 0 aliphatic carbocycles. The quantitative estimate of drug-likeness (QED) is 0.660. The SMILES string of the molecule is CCCNc1nccc(C2CCCN(CCc3c[nH]c4ccccc34)C2)n1. The molecular formula is C22H29N5. The van der Waals surface area contributed by atoms with Gasteiger partial charge in [0.2, 0.25) is 5.95 Å². The number of para-hydroxylation sites is 1. The lowest BCUT2D eigenvalue weighted by Gasteiger charge is -2.32. The molecule has 1 aliphatic heterocycles. The highest BCUT2D eigenvalue weighted by molar-refractivity contribution is 5.83. The Labute approximate surface area is 161 Å². The van der Waals surface area contributed by atoms with Crippen LogP contribution in [0.15, 0.2) is 42.7 Å². The van der Waals surface area contributed by atoms with Crippen LogP contribution in [0.1, 0.15) is 43.4 Å². The van der Waals surface area contributed by atoms with Gasteiger partial charge in [-0.3, -0.25) is 0 Å². The molecule has 0 saturated carbocycles. The number of piperidine rings is 1. The fraction of sp³-hybridized carbons (Fsp3) is 0.455. The molecule has 5 heteroatoms. The Balaban J connectivity index is 1.38. The number of H-pyrrole nitrogens is 1. The van der Waals surface area contributed by atoms with Gasteiger partial charge < -0.3 is 15.2 Å². The third-order valence-corrected chi connectivity index (χ3v) is 5.51. The van der Waals surface area contributed by atoms with Gasteiger partial charge in [0.05, 0.1) is 5.69 Å². The number of fused-ring (bicyclic) bond motifs is 1. The van der Waals surface area contributed by atoms with Crippen LogP contribution in [0.5, 0.6) is 0 Å². The monoisotopic (exact) mass is 363 g/mol. The predicted molar refractivity (Wildman–Crippen MR) is 111 cm³/mol. The van der Waals surface area contributed by atoms with E-state index < -0.39 is 0 Å². The molecule has 1 saturated heterocycles. The minimum absolute atomic E-state index is 0.506. The molecule has 4 rings (SSSR count). The van der Waals surface area contributed by atoms with E-state index in [9.17, 15) is 0 Å². The largest absolute Gasteiger partial charge is 0.361 e. The van der Waals surface area contributed by atoms with E-state index >= 15 is 0 Å². The lowest BCUT2D eigenvalue weighted by Crippen LogP contribution is -2.36. The van der Waals surface area contributed by atoms with E-state index in [1.807, 2.05) is 6.20 Å². The van der Waals surface area contributed by atoms with Crippen LogP contribution in [0.2, 0.25) is 0 Å². The lowest BCUT2D eigenvalue weighted by molar-refractivity contribution is 0.208. The Kier molecular flexibility index (Phi) is 5.68. The number of nitrogens with one attached hydrogen (secondary N) is 2. The summed E-state index contributed by atoms with van der Waals surface area (Å²) in [7, 11) is 0. The second-order valence-corrected chi connectivity index (χ2v) is 7.48. The van der Waals surface area contributed by atoms with Crippen molar-refractivity contribution in [1.82, 2.24) is 19.9 Å². The van der Waals surface area contributed by atoms with E-state index in [2.05, 4.69) is 63.6 Å². The van der Waals surface area contributed by atoms with E-state index in [0.717, 1.165) is 38.4 Å². The van der Waals surface area contributed by atoms with Crippen LogP contribution >= 0.6 is 0 Å². The van der Waals surface area contributed by atoms with Crippen molar-refractivity contribution in [2.45, 2.75) is 38.5 Å². The summed E-state index contributed by atoms with van der Waals surface area (Å²) in [5.41, 5.74) is 3.83. The Morgan fingerprint density at radius 2 is 2.19 bits per heavy atom. The summed E-state index contributed by atoms with van der Waals surface area (Å²) >= 11 is 0. The molecule has 1 unspecified atom stereocenters. The number of likely N-dealkylation sites (tertiary alicyclic amines) is 1. The third-order valence-electron chi connectivity index (χ3n) is 5.51. The number of hydrogen-bond acceptors (Lipinski definition) is 4. The molecule has 5 nitrogen and oxygen atoms in total. The molecule has 1 aromatic carbocycles. The molecule has 0 amide bonds. The Bertz CT molecular complexity index is 872. The zero-order valence-corrected chi connectivity index (χ0v) is 16.1. The number of hydrogen-bond donors (Lipinski definition) is 2. The summed E-state index contributed by atoms with van der Waals surface area (Å²) in [6.07, 6.45) is 8.68. The minimum atomic E-state index is 0.506. The number of rotatable bonds is 7. The summed E-state index contributed by atoms with van der Waals surface area (Å²) in [5, 5.41) is 4.66. The first kappa shape index (κ1) is 18.0. The van der Waals surface area contributed by atoms with Gasteiger partial charge in [-0.25, -0.2) is 9.97 Å². The van der Waals surface area contributed by atoms with Crippen molar-refractivity contribution in [3.63, 3.8) is 0 Å². The molecule has 1 atom stereocenters. The van der Waals surface area contributed by atoms with E-state index in [1.165, 1.54) is 41.5 Å². The van der Waals surface area contributed by atoms with Gasteiger partial charge in [-0.05, 0) is 49.9 Å². The van der Waals surface area contributed by atoms with Gasteiger partial charge in [0.15, 0.2) is 0 Å². The molecule has 3 heterocycles. The van der Waals surface area contributed by atoms with Gasteiger partial charge in [0.25, 0.3) is 0 Å². The highest BCUT2D eigenvalue weighted by Gasteiger charge is 2.22. The van der Waals surface area contributed by atoms with Crippen molar-refractivity contribution < 1.29 is 0 Å². The van der Waals surface area contributed by atoms with Crippen molar-refractivity contribution in [1.29, 1.82) is 0 Å². The molecule has 142 valence electrons. The first-order chi connectivity index (χ1) is 13.3. The minimum Gasteiger partial charge on any atom is -0.361 e. The van der Waals surface area contributed by atoms with E-state index in [0.29, 0.717) is 5.92 Å². The standard InChI is InChI=1S/C22H29N5/c1-2-11-23-22-24-12-9-20(26-22)18-6-5-13-27(16-18)14-10-17-15-25-21-8-4-3-7-19(17)21/h3-4,7-9,12,15,18,25H,2,5-6,10-11,13-14,16H2,1H3,(H,23,24,26).